The van der Waals surface area contributed by atoms with Gasteiger partial charge >= 0.3 is 0 Å². The average molecular weight is 577 g/mol. The van der Waals surface area contributed by atoms with E-state index in [1.807, 2.05) is 66.1 Å². The Balaban J connectivity index is 1.30. The van der Waals surface area contributed by atoms with Gasteiger partial charge < -0.3 is 9.47 Å². The van der Waals surface area contributed by atoms with Crippen molar-refractivity contribution in [2.24, 2.45) is 4.99 Å². The van der Waals surface area contributed by atoms with Gasteiger partial charge in [0.15, 0.2) is 16.3 Å². The van der Waals surface area contributed by atoms with Crippen LogP contribution in [-0.4, -0.2) is 11.2 Å². The van der Waals surface area contributed by atoms with Gasteiger partial charge in [-0.15, -0.1) is 11.3 Å². The summed E-state index contributed by atoms with van der Waals surface area (Å²) in [6.07, 6.45) is 3.79. The molecule has 41 heavy (non-hydrogen) atoms. The summed E-state index contributed by atoms with van der Waals surface area (Å²) in [6, 6.07) is 28.5. The number of aryl methyl sites for hydroxylation is 1. The molecule has 2 aromatic heterocycles. The Morgan fingerprint density at radius 3 is 2.63 bits per heavy atom. The number of nitrogens with zero attached hydrogens (tertiary/aromatic N) is 2. The van der Waals surface area contributed by atoms with Gasteiger partial charge in [0, 0.05) is 10.4 Å². The van der Waals surface area contributed by atoms with E-state index in [4.69, 9.17) is 14.5 Å². The zero-order valence-electron chi connectivity index (χ0n) is 22.6. The van der Waals surface area contributed by atoms with Crippen molar-refractivity contribution in [1.82, 2.24) is 4.57 Å². The first kappa shape index (κ1) is 25.7. The van der Waals surface area contributed by atoms with Crippen LogP contribution >= 0.6 is 22.7 Å². The summed E-state index contributed by atoms with van der Waals surface area (Å²) in [5.74, 6) is 1.34. The first-order valence-corrected chi connectivity index (χ1v) is 15.5. The fourth-order valence-corrected chi connectivity index (χ4v) is 7.46. The first-order chi connectivity index (χ1) is 20.2. The summed E-state index contributed by atoms with van der Waals surface area (Å²) in [5, 5.41) is 2.08. The fraction of sp³-hybridized carbons (Fsp3) is 0.176. The third kappa shape index (κ3) is 4.85. The van der Waals surface area contributed by atoms with E-state index in [9.17, 15) is 4.79 Å². The van der Waals surface area contributed by atoms with Crippen molar-refractivity contribution in [1.29, 1.82) is 0 Å². The van der Waals surface area contributed by atoms with E-state index in [-0.39, 0.29) is 11.6 Å². The number of ether oxygens (including phenoxy) is 2. The SMILES string of the molecule is CCOc1cc(/C=c2/sc3n(c2=O)[C@H](c2cccs2)C2=C(N=3)c3ccccc3CC2)ccc1OCc1ccccc1. The van der Waals surface area contributed by atoms with Crippen LogP contribution in [0.2, 0.25) is 0 Å². The van der Waals surface area contributed by atoms with Crippen molar-refractivity contribution in [3.05, 3.63) is 143 Å². The number of hydrogen-bond donors (Lipinski definition) is 0. The second-order valence-corrected chi connectivity index (χ2v) is 12.0. The summed E-state index contributed by atoms with van der Waals surface area (Å²) in [5.41, 5.74) is 6.70. The van der Waals surface area contributed by atoms with Crippen LogP contribution in [0.25, 0.3) is 11.8 Å². The Labute approximate surface area is 246 Å². The van der Waals surface area contributed by atoms with Crippen molar-refractivity contribution in [2.45, 2.75) is 32.4 Å². The van der Waals surface area contributed by atoms with Gasteiger partial charge in [0.1, 0.15) is 6.61 Å². The van der Waals surface area contributed by atoms with E-state index in [0.29, 0.717) is 29.2 Å². The molecule has 3 heterocycles. The molecule has 7 rings (SSSR count). The number of thiophene rings is 1. The van der Waals surface area contributed by atoms with Crippen molar-refractivity contribution in [3.8, 4) is 11.5 Å². The smallest absolute Gasteiger partial charge is 0.271 e. The van der Waals surface area contributed by atoms with Crippen molar-refractivity contribution >= 4 is 34.4 Å². The van der Waals surface area contributed by atoms with E-state index in [1.165, 1.54) is 28.0 Å². The highest BCUT2D eigenvalue weighted by Gasteiger charge is 2.33. The van der Waals surface area contributed by atoms with Gasteiger partial charge in [-0.25, -0.2) is 4.99 Å². The van der Waals surface area contributed by atoms with E-state index < -0.39 is 0 Å². The molecule has 2 aliphatic rings. The summed E-state index contributed by atoms with van der Waals surface area (Å²) < 4.78 is 14.6. The molecule has 1 aliphatic carbocycles. The minimum atomic E-state index is -0.135. The number of fused-ring (bicyclic) bond motifs is 3. The quantitative estimate of drug-likeness (QED) is 0.227. The molecule has 5 nitrogen and oxygen atoms in total. The van der Waals surface area contributed by atoms with E-state index >= 15 is 0 Å². The Morgan fingerprint density at radius 1 is 0.951 bits per heavy atom. The molecule has 0 bridgehead atoms. The number of allylic oxidation sites excluding steroid dienone is 1. The zero-order chi connectivity index (χ0) is 27.8. The van der Waals surface area contributed by atoms with Gasteiger partial charge in [-0.2, -0.15) is 0 Å². The van der Waals surface area contributed by atoms with E-state index in [1.54, 1.807) is 11.3 Å². The number of aromatic nitrogens is 1. The molecule has 0 unspecified atom stereocenters. The lowest BCUT2D eigenvalue weighted by Gasteiger charge is -2.30. The van der Waals surface area contributed by atoms with Gasteiger partial charge in [-0.05, 0) is 71.7 Å². The standard InChI is InChI=1S/C34H28N2O3S2/c1-2-38-28-19-23(14-17-27(28)39-21-22-9-4-3-5-10-22)20-30-33(37)36-32(29-13-8-18-40-29)26-16-15-24-11-6-7-12-25(24)31(26)35-34(36)41-30/h3-14,17-20,32H,2,15-16,21H2,1H3/b30-20+/t32-/m0/s1. The highest BCUT2D eigenvalue weighted by molar-refractivity contribution is 7.10. The molecular formula is C34H28N2O3S2. The number of thiazole rings is 1. The second-order valence-electron chi connectivity index (χ2n) is 10.0. The molecule has 0 fully saturated rings. The van der Waals surface area contributed by atoms with Crippen LogP contribution in [0.15, 0.2) is 106 Å². The Kier molecular flexibility index (Phi) is 6.90. The lowest BCUT2D eigenvalue weighted by Crippen LogP contribution is -2.38. The predicted molar refractivity (Wildman–Crippen MR) is 165 cm³/mol. The summed E-state index contributed by atoms with van der Waals surface area (Å²) in [6.45, 7) is 2.92. The Morgan fingerprint density at radius 2 is 1.80 bits per heavy atom. The van der Waals surface area contributed by atoms with Crippen LogP contribution in [-0.2, 0) is 13.0 Å². The Bertz CT molecular complexity index is 1940. The van der Waals surface area contributed by atoms with Crippen LogP contribution in [0.4, 0.5) is 0 Å². The second kappa shape index (κ2) is 11.0. The lowest BCUT2D eigenvalue weighted by molar-refractivity contribution is 0.269. The zero-order valence-corrected chi connectivity index (χ0v) is 24.2. The molecule has 204 valence electrons. The normalized spacial score (nSPS) is 16.0. The minimum absolute atomic E-state index is 0.0140. The molecule has 1 atom stereocenters. The fourth-order valence-electron chi connectivity index (χ4n) is 5.61. The maximum Gasteiger partial charge on any atom is 0.271 e. The van der Waals surface area contributed by atoms with Crippen molar-refractivity contribution < 1.29 is 9.47 Å². The lowest BCUT2D eigenvalue weighted by atomic mass is 9.85. The largest absolute Gasteiger partial charge is 0.490 e. The molecule has 0 radical (unpaired) electrons. The highest BCUT2D eigenvalue weighted by Crippen LogP contribution is 2.42. The monoisotopic (exact) mass is 576 g/mol. The van der Waals surface area contributed by atoms with Crippen LogP contribution in [0, 0.1) is 0 Å². The predicted octanol–water partition coefficient (Wildman–Crippen LogP) is 6.36. The van der Waals surface area contributed by atoms with Crippen LogP contribution in [0.5, 0.6) is 11.5 Å². The van der Waals surface area contributed by atoms with Gasteiger partial charge in [-0.3, -0.25) is 9.36 Å². The van der Waals surface area contributed by atoms with Crippen LogP contribution < -0.4 is 24.4 Å². The summed E-state index contributed by atoms with van der Waals surface area (Å²) >= 11 is 3.14. The first-order valence-electron chi connectivity index (χ1n) is 13.8. The number of rotatable bonds is 7. The Hall–Kier alpha value is -4.20. The average Bonchev–Trinajstić information content (AvgIpc) is 3.65. The maximum absolute atomic E-state index is 14.0. The van der Waals surface area contributed by atoms with Crippen LogP contribution in [0.1, 0.15) is 46.5 Å². The van der Waals surface area contributed by atoms with E-state index in [0.717, 1.165) is 39.3 Å². The van der Waals surface area contributed by atoms with Gasteiger partial charge in [0.25, 0.3) is 5.56 Å². The molecule has 0 spiro atoms. The van der Waals surface area contributed by atoms with Crippen molar-refractivity contribution in [3.63, 3.8) is 0 Å². The molecular weight excluding hydrogens is 549 g/mol. The molecule has 0 N–H and O–H groups in total. The third-order valence-corrected chi connectivity index (χ3v) is 9.40. The van der Waals surface area contributed by atoms with Gasteiger partial charge in [0.05, 0.1) is 22.9 Å². The maximum atomic E-state index is 14.0. The minimum Gasteiger partial charge on any atom is -0.490 e. The number of hydrogen-bond acceptors (Lipinski definition) is 6. The van der Waals surface area contributed by atoms with Gasteiger partial charge in [0.2, 0.25) is 0 Å². The summed E-state index contributed by atoms with van der Waals surface area (Å²) in [4.78, 5) is 21.0. The molecule has 0 saturated heterocycles. The van der Waals surface area contributed by atoms with Gasteiger partial charge in [-0.1, -0.05) is 78.1 Å². The van der Waals surface area contributed by atoms with Crippen LogP contribution in [0.3, 0.4) is 0 Å². The molecule has 7 heteroatoms. The third-order valence-electron chi connectivity index (χ3n) is 7.49. The molecule has 0 saturated carbocycles. The number of benzene rings is 3. The molecule has 1 aliphatic heterocycles. The highest BCUT2D eigenvalue weighted by atomic mass is 32.1. The topological polar surface area (TPSA) is 52.8 Å². The summed E-state index contributed by atoms with van der Waals surface area (Å²) in [7, 11) is 0. The molecule has 0 amide bonds. The van der Waals surface area contributed by atoms with E-state index in [2.05, 4.69) is 41.8 Å². The van der Waals surface area contributed by atoms with Crippen molar-refractivity contribution in [2.75, 3.05) is 6.61 Å². The molecule has 3 aromatic carbocycles. The molecule has 5 aromatic rings.